The summed E-state index contributed by atoms with van der Waals surface area (Å²) in [7, 11) is 1.86. The van der Waals surface area contributed by atoms with Crippen molar-refractivity contribution in [3.63, 3.8) is 0 Å². The SMILES string of the molecule is Cn1nc(C2CCC(=O)NC2=O)c2ccccc21. The van der Waals surface area contributed by atoms with Gasteiger partial charge in [-0.15, -0.1) is 0 Å². The lowest BCUT2D eigenvalue weighted by molar-refractivity contribution is -0.134. The maximum absolute atomic E-state index is 11.9. The Morgan fingerprint density at radius 3 is 2.89 bits per heavy atom. The molecule has 1 atom stereocenters. The predicted octanol–water partition coefficient (Wildman–Crippen LogP) is 1.09. The molecule has 5 heteroatoms. The molecule has 5 nitrogen and oxygen atoms in total. The topological polar surface area (TPSA) is 64.0 Å². The van der Waals surface area contributed by atoms with Crippen molar-refractivity contribution >= 4 is 22.7 Å². The molecule has 1 aliphatic rings. The van der Waals surface area contributed by atoms with Crippen LogP contribution in [0, 0.1) is 0 Å². The van der Waals surface area contributed by atoms with Crippen molar-refractivity contribution in [3.05, 3.63) is 30.0 Å². The minimum atomic E-state index is -0.325. The van der Waals surface area contributed by atoms with Crippen molar-refractivity contribution in [2.45, 2.75) is 18.8 Å². The molecule has 1 saturated heterocycles. The van der Waals surface area contributed by atoms with Gasteiger partial charge in [0.25, 0.3) is 0 Å². The van der Waals surface area contributed by atoms with Crippen molar-refractivity contribution < 1.29 is 9.59 Å². The fourth-order valence-electron chi connectivity index (χ4n) is 2.45. The van der Waals surface area contributed by atoms with Crippen molar-refractivity contribution in [2.75, 3.05) is 0 Å². The Balaban J connectivity index is 2.09. The Hall–Kier alpha value is -2.17. The third-order valence-electron chi connectivity index (χ3n) is 3.36. The van der Waals surface area contributed by atoms with E-state index in [0.717, 1.165) is 16.6 Å². The van der Waals surface area contributed by atoms with Crippen molar-refractivity contribution in [1.29, 1.82) is 0 Å². The molecule has 92 valence electrons. The van der Waals surface area contributed by atoms with Gasteiger partial charge in [-0.25, -0.2) is 0 Å². The van der Waals surface area contributed by atoms with E-state index in [-0.39, 0.29) is 17.7 Å². The number of benzene rings is 1. The first kappa shape index (κ1) is 11.0. The van der Waals surface area contributed by atoms with E-state index < -0.39 is 0 Å². The van der Waals surface area contributed by atoms with Crippen LogP contribution in [0.1, 0.15) is 24.5 Å². The van der Waals surface area contributed by atoms with Crippen LogP contribution in [0.15, 0.2) is 24.3 Å². The van der Waals surface area contributed by atoms with Gasteiger partial charge in [0.15, 0.2) is 0 Å². The van der Waals surface area contributed by atoms with E-state index in [1.54, 1.807) is 4.68 Å². The lowest BCUT2D eigenvalue weighted by Gasteiger charge is -2.19. The summed E-state index contributed by atoms with van der Waals surface area (Å²) in [5.41, 5.74) is 1.76. The number of nitrogens with one attached hydrogen (secondary N) is 1. The Bertz CT molecular complexity index is 645. The number of imide groups is 1. The van der Waals surface area contributed by atoms with E-state index in [1.807, 2.05) is 31.3 Å². The second kappa shape index (κ2) is 3.94. The van der Waals surface area contributed by atoms with Gasteiger partial charge < -0.3 is 0 Å². The average molecular weight is 243 g/mol. The Morgan fingerprint density at radius 2 is 2.11 bits per heavy atom. The van der Waals surface area contributed by atoms with E-state index in [2.05, 4.69) is 10.4 Å². The van der Waals surface area contributed by atoms with Gasteiger partial charge in [-0.1, -0.05) is 18.2 Å². The number of rotatable bonds is 1. The fraction of sp³-hybridized carbons (Fsp3) is 0.308. The van der Waals surface area contributed by atoms with Crippen LogP contribution in [-0.4, -0.2) is 21.6 Å². The normalized spacial score (nSPS) is 20.2. The quantitative estimate of drug-likeness (QED) is 0.763. The molecule has 2 aromatic rings. The van der Waals surface area contributed by atoms with E-state index in [4.69, 9.17) is 0 Å². The summed E-state index contributed by atoms with van der Waals surface area (Å²) in [4.78, 5) is 23.0. The van der Waals surface area contributed by atoms with Gasteiger partial charge >= 0.3 is 0 Å². The maximum atomic E-state index is 11.9. The number of piperidine rings is 1. The molecule has 1 fully saturated rings. The molecule has 1 N–H and O–H groups in total. The maximum Gasteiger partial charge on any atom is 0.235 e. The molecule has 3 rings (SSSR count). The summed E-state index contributed by atoms with van der Waals surface area (Å²) in [6.07, 6.45) is 0.910. The van der Waals surface area contributed by atoms with Crippen LogP contribution >= 0.6 is 0 Å². The number of para-hydroxylation sites is 1. The van der Waals surface area contributed by atoms with Gasteiger partial charge in [-0.3, -0.25) is 19.6 Å². The van der Waals surface area contributed by atoms with Crippen LogP contribution in [-0.2, 0) is 16.6 Å². The molecule has 0 aliphatic carbocycles. The third kappa shape index (κ3) is 1.59. The highest BCUT2D eigenvalue weighted by atomic mass is 16.2. The second-order valence-corrected chi connectivity index (χ2v) is 4.53. The smallest absolute Gasteiger partial charge is 0.235 e. The van der Waals surface area contributed by atoms with Crippen LogP contribution < -0.4 is 5.32 Å². The van der Waals surface area contributed by atoms with Gasteiger partial charge in [-0.05, 0) is 12.5 Å². The Labute approximate surface area is 104 Å². The minimum absolute atomic E-state index is 0.198. The molecule has 1 aliphatic heterocycles. The predicted molar refractivity (Wildman–Crippen MR) is 65.8 cm³/mol. The summed E-state index contributed by atoms with van der Waals surface area (Å²) < 4.78 is 1.77. The number of hydrogen-bond acceptors (Lipinski definition) is 3. The molecular weight excluding hydrogens is 230 g/mol. The fourth-order valence-corrected chi connectivity index (χ4v) is 2.45. The van der Waals surface area contributed by atoms with E-state index in [9.17, 15) is 9.59 Å². The van der Waals surface area contributed by atoms with Gasteiger partial charge in [0.05, 0.1) is 17.1 Å². The van der Waals surface area contributed by atoms with Crippen molar-refractivity contribution in [3.8, 4) is 0 Å². The second-order valence-electron chi connectivity index (χ2n) is 4.53. The number of hydrogen-bond donors (Lipinski definition) is 1. The highest BCUT2D eigenvalue weighted by molar-refractivity contribution is 6.02. The van der Waals surface area contributed by atoms with Gasteiger partial charge in [0.2, 0.25) is 11.8 Å². The molecule has 0 saturated carbocycles. The molecule has 2 amide bonds. The Morgan fingerprint density at radius 1 is 1.33 bits per heavy atom. The molecule has 2 heterocycles. The lowest BCUT2D eigenvalue weighted by Crippen LogP contribution is -2.39. The first-order chi connectivity index (χ1) is 8.66. The zero-order chi connectivity index (χ0) is 12.7. The Kier molecular flexibility index (Phi) is 2.40. The molecule has 0 spiro atoms. The first-order valence-corrected chi connectivity index (χ1v) is 5.92. The van der Waals surface area contributed by atoms with Gasteiger partial charge in [-0.2, -0.15) is 5.10 Å². The molecule has 18 heavy (non-hydrogen) atoms. The molecular formula is C13H13N3O2. The first-order valence-electron chi connectivity index (χ1n) is 5.92. The molecule has 0 bridgehead atoms. The highest BCUT2D eigenvalue weighted by Crippen LogP contribution is 2.29. The zero-order valence-electron chi connectivity index (χ0n) is 10.0. The number of carbonyl (C=O) groups excluding carboxylic acids is 2. The van der Waals surface area contributed by atoms with E-state index >= 15 is 0 Å². The molecule has 1 aromatic carbocycles. The van der Waals surface area contributed by atoms with Crippen LogP contribution in [0.25, 0.3) is 10.9 Å². The van der Waals surface area contributed by atoms with Crippen molar-refractivity contribution in [1.82, 2.24) is 15.1 Å². The zero-order valence-corrected chi connectivity index (χ0v) is 10.0. The van der Waals surface area contributed by atoms with E-state index in [1.165, 1.54) is 0 Å². The number of aryl methyl sites for hydroxylation is 1. The van der Waals surface area contributed by atoms with Crippen LogP contribution in [0.4, 0.5) is 0 Å². The summed E-state index contributed by atoms with van der Waals surface area (Å²) in [6, 6.07) is 7.80. The number of aromatic nitrogens is 2. The van der Waals surface area contributed by atoms with E-state index in [0.29, 0.717) is 12.8 Å². The monoisotopic (exact) mass is 243 g/mol. The number of amides is 2. The number of fused-ring (bicyclic) bond motifs is 1. The van der Waals surface area contributed by atoms with Gasteiger partial charge in [0, 0.05) is 18.9 Å². The lowest BCUT2D eigenvalue weighted by atomic mass is 9.93. The largest absolute Gasteiger partial charge is 0.296 e. The van der Waals surface area contributed by atoms with Gasteiger partial charge in [0.1, 0.15) is 0 Å². The standard InChI is InChI=1S/C13H13N3O2/c1-16-10-5-3-2-4-8(10)12(15-16)9-6-7-11(17)14-13(9)18/h2-5,9H,6-7H2,1H3,(H,14,17,18). The van der Waals surface area contributed by atoms with Crippen LogP contribution in [0.2, 0.25) is 0 Å². The van der Waals surface area contributed by atoms with Crippen LogP contribution in [0.5, 0.6) is 0 Å². The summed E-state index contributed by atoms with van der Waals surface area (Å²) in [5, 5.41) is 7.79. The van der Waals surface area contributed by atoms with Crippen molar-refractivity contribution in [2.24, 2.45) is 7.05 Å². The minimum Gasteiger partial charge on any atom is -0.296 e. The molecule has 1 unspecified atom stereocenters. The third-order valence-corrected chi connectivity index (χ3v) is 3.36. The average Bonchev–Trinajstić information content (AvgIpc) is 2.68. The number of nitrogens with zero attached hydrogens (tertiary/aromatic N) is 2. The summed E-state index contributed by atoms with van der Waals surface area (Å²) in [5.74, 6) is -0.764. The summed E-state index contributed by atoms with van der Waals surface area (Å²) >= 11 is 0. The molecule has 1 aromatic heterocycles. The summed E-state index contributed by atoms with van der Waals surface area (Å²) in [6.45, 7) is 0. The highest BCUT2D eigenvalue weighted by Gasteiger charge is 2.31. The number of carbonyl (C=O) groups is 2. The molecule has 0 radical (unpaired) electrons. The van der Waals surface area contributed by atoms with Crippen LogP contribution in [0.3, 0.4) is 0 Å².